The molecule has 2 amide bonds. The first-order chi connectivity index (χ1) is 11.1. The third-order valence-corrected chi connectivity index (χ3v) is 4.85. The number of ether oxygens (including phenoxy) is 1. The Morgan fingerprint density at radius 2 is 2.22 bits per heavy atom. The highest BCUT2D eigenvalue weighted by atomic mass is 19.1. The number of aliphatic hydroxyl groups excluding tert-OH is 1. The second-order valence-corrected chi connectivity index (χ2v) is 6.35. The van der Waals surface area contributed by atoms with E-state index in [4.69, 9.17) is 4.74 Å². The van der Waals surface area contributed by atoms with Gasteiger partial charge in [0.05, 0.1) is 11.7 Å². The van der Waals surface area contributed by atoms with Crippen LogP contribution < -0.4 is 5.32 Å². The third kappa shape index (κ3) is 3.64. The van der Waals surface area contributed by atoms with Gasteiger partial charge in [-0.1, -0.05) is 12.1 Å². The quantitative estimate of drug-likeness (QED) is 0.876. The van der Waals surface area contributed by atoms with Crippen molar-refractivity contribution in [3.63, 3.8) is 0 Å². The standard InChI is InChI=1S/C17H23FN2O3/c18-14-4-1-3-13(11-14)12-19-16(22)20-8-6-17(7-9-20)15(21)5-2-10-23-17/h1,3-4,11,15,21H,2,5-10,12H2,(H,19,22)/t15-/m1/s1. The molecule has 1 atom stereocenters. The first kappa shape index (κ1) is 16.2. The number of carbonyl (C=O) groups is 1. The fourth-order valence-corrected chi connectivity index (χ4v) is 3.41. The lowest BCUT2D eigenvalue weighted by Gasteiger charge is -2.46. The van der Waals surface area contributed by atoms with Crippen LogP contribution in [0.25, 0.3) is 0 Å². The molecule has 2 aliphatic rings. The maximum Gasteiger partial charge on any atom is 0.317 e. The van der Waals surface area contributed by atoms with Crippen LogP contribution in [0.4, 0.5) is 9.18 Å². The molecule has 1 aromatic rings. The Morgan fingerprint density at radius 3 is 2.91 bits per heavy atom. The van der Waals surface area contributed by atoms with Gasteiger partial charge in [-0.2, -0.15) is 0 Å². The molecule has 1 spiro atoms. The van der Waals surface area contributed by atoms with Gasteiger partial charge in [-0.25, -0.2) is 9.18 Å². The fourth-order valence-electron chi connectivity index (χ4n) is 3.41. The van der Waals surface area contributed by atoms with Crippen molar-refractivity contribution in [2.75, 3.05) is 19.7 Å². The number of benzene rings is 1. The van der Waals surface area contributed by atoms with E-state index < -0.39 is 11.7 Å². The zero-order valence-corrected chi connectivity index (χ0v) is 13.1. The summed E-state index contributed by atoms with van der Waals surface area (Å²) in [5.41, 5.74) is 0.260. The normalized spacial score (nSPS) is 23.7. The maximum absolute atomic E-state index is 13.1. The predicted octanol–water partition coefficient (Wildman–Crippen LogP) is 2.04. The molecule has 2 saturated heterocycles. The highest BCUT2D eigenvalue weighted by molar-refractivity contribution is 5.74. The van der Waals surface area contributed by atoms with Crippen molar-refractivity contribution in [1.29, 1.82) is 0 Å². The van der Waals surface area contributed by atoms with E-state index in [-0.39, 0.29) is 11.8 Å². The zero-order chi connectivity index (χ0) is 16.3. The molecule has 2 heterocycles. The van der Waals surface area contributed by atoms with Crippen molar-refractivity contribution in [2.24, 2.45) is 0 Å². The molecule has 5 nitrogen and oxygen atoms in total. The van der Waals surface area contributed by atoms with Gasteiger partial charge in [-0.05, 0) is 43.4 Å². The molecular weight excluding hydrogens is 299 g/mol. The van der Waals surface area contributed by atoms with Gasteiger partial charge >= 0.3 is 6.03 Å². The van der Waals surface area contributed by atoms with Crippen molar-refractivity contribution in [3.8, 4) is 0 Å². The Labute approximate surface area is 135 Å². The summed E-state index contributed by atoms with van der Waals surface area (Å²) in [6.07, 6.45) is 2.53. The number of likely N-dealkylation sites (tertiary alicyclic amines) is 1. The van der Waals surface area contributed by atoms with Crippen LogP contribution in [0.5, 0.6) is 0 Å². The molecule has 0 radical (unpaired) electrons. The van der Waals surface area contributed by atoms with Gasteiger partial charge in [0.25, 0.3) is 0 Å². The molecule has 6 heteroatoms. The number of urea groups is 1. The Bertz CT molecular complexity index is 559. The van der Waals surface area contributed by atoms with Crippen molar-refractivity contribution in [3.05, 3.63) is 35.6 Å². The van der Waals surface area contributed by atoms with E-state index in [1.165, 1.54) is 12.1 Å². The van der Waals surface area contributed by atoms with Crippen molar-refractivity contribution in [1.82, 2.24) is 10.2 Å². The average molecular weight is 322 g/mol. The van der Waals surface area contributed by atoms with Gasteiger partial charge in [-0.15, -0.1) is 0 Å². The summed E-state index contributed by atoms with van der Waals surface area (Å²) in [6.45, 7) is 2.11. The summed E-state index contributed by atoms with van der Waals surface area (Å²) in [5, 5.41) is 13.0. The molecule has 0 aliphatic carbocycles. The molecule has 0 aromatic heterocycles. The Hall–Kier alpha value is -1.66. The van der Waals surface area contributed by atoms with Gasteiger partial charge in [0.15, 0.2) is 0 Å². The number of nitrogens with zero attached hydrogens (tertiary/aromatic N) is 1. The van der Waals surface area contributed by atoms with Crippen LogP contribution in [0.3, 0.4) is 0 Å². The Morgan fingerprint density at radius 1 is 1.43 bits per heavy atom. The van der Waals surface area contributed by atoms with Crippen LogP contribution in [0, 0.1) is 5.82 Å². The molecular formula is C17H23FN2O3. The molecule has 23 heavy (non-hydrogen) atoms. The monoisotopic (exact) mass is 322 g/mol. The predicted molar refractivity (Wildman–Crippen MR) is 83.4 cm³/mol. The zero-order valence-electron chi connectivity index (χ0n) is 13.1. The average Bonchev–Trinajstić information content (AvgIpc) is 2.56. The summed E-state index contributed by atoms with van der Waals surface area (Å²) in [5.74, 6) is -0.305. The van der Waals surface area contributed by atoms with Crippen LogP contribution in [0.2, 0.25) is 0 Å². The van der Waals surface area contributed by atoms with E-state index in [0.29, 0.717) is 39.1 Å². The summed E-state index contributed by atoms with van der Waals surface area (Å²) in [6, 6.07) is 6.04. The molecule has 2 aliphatic heterocycles. The van der Waals surface area contributed by atoms with E-state index in [9.17, 15) is 14.3 Å². The molecule has 0 saturated carbocycles. The minimum atomic E-state index is -0.475. The lowest BCUT2D eigenvalue weighted by molar-refractivity contribution is -0.173. The number of halogens is 1. The number of nitrogens with one attached hydrogen (secondary N) is 1. The second-order valence-electron chi connectivity index (χ2n) is 6.35. The van der Waals surface area contributed by atoms with Crippen molar-refractivity contribution in [2.45, 2.75) is 43.9 Å². The number of aliphatic hydroxyl groups is 1. The smallest absolute Gasteiger partial charge is 0.317 e. The molecule has 2 N–H and O–H groups in total. The largest absolute Gasteiger partial charge is 0.390 e. The third-order valence-electron chi connectivity index (χ3n) is 4.85. The lowest BCUT2D eigenvalue weighted by atomic mass is 9.82. The maximum atomic E-state index is 13.1. The Balaban J connectivity index is 1.50. The number of rotatable bonds is 2. The summed E-state index contributed by atoms with van der Waals surface area (Å²) < 4.78 is 19.0. The highest BCUT2D eigenvalue weighted by Gasteiger charge is 2.44. The summed E-state index contributed by atoms with van der Waals surface area (Å²) >= 11 is 0. The van der Waals surface area contributed by atoms with Gasteiger partial charge in [0.2, 0.25) is 0 Å². The van der Waals surface area contributed by atoms with Crippen molar-refractivity contribution >= 4 is 6.03 Å². The van der Waals surface area contributed by atoms with E-state index in [1.807, 2.05) is 0 Å². The van der Waals surface area contributed by atoms with Crippen LogP contribution in [0.15, 0.2) is 24.3 Å². The molecule has 0 bridgehead atoms. The SMILES string of the molecule is O=C(NCc1cccc(F)c1)N1CCC2(CC1)OCCC[C@H]2O. The number of hydrogen-bond acceptors (Lipinski definition) is 3. The number of piperidine rings is 1. The van der Waals surface area contributed by atoms with Crippen LogP contribution in [0.1, 0.15) is 31.2 Å². The molecule has 1 aromatic carbocycles. The second kappa shape index (κ2) is 6.84. The minimum absolute atomic E-state index is 0.158. The molecule has 2 fully saturated rings. The van der Waals surface area contributed by atoms with Gasteiger partial charge in [-0.3, -0.25) is 0 Å². The highest BCUT2D eigenvalue weighted by Crippen LogP contribution is 2.35. The first-order valence-corrected chi connectivity index (χ1v) is 8.18. The minimum Gasteiger partial charge on any atom is -0.390 e. The number of amides is 2. The van der Waals surface area contributed by atoms with E-state index >= 15 is 0 Å². The topological polar surface area (TPSA) is 61.8 Å². The summed E-state index contributed by atoms with van der Waals surface area (Å²) in [4.78, 5) is 14.0. The molecule has 126 valence electrons. The fraction of sp³-hybridized carbons (Fsp3) is 0.588. The van der Waals surface area contributed by atoms with Gasteiger partial charge < -0.3 is 20.1 Å². The van der Waals surface area contributed by atoms with Crippen LogP contribution in [-0.4, -0.2) is 47.4 Å². The Kier molecular flexibility index (Phi) is 4.82. The number of hydrogen-bond donors (Lipinski definition) is 2. The van der Waals surface area contributed by atoms with E-state index in [0.717, 1.165) is 18.4 Å². The number of carbonyl (C=O) groups excluding carboxylic acids is 1. The van der Waals surface area contributed by atoms with Gasteiger partial charge in [0.1, 0.15) is 5.82 Å². The van der Waals surface area contributed by atoms with Crippen LogP contribution in [-0.2, 0) is 11.3 Å². The van der Waals surface area contributed by atoms with Gasteiger partial charge in [0, 0.05) is 26.2 Å². The summed E-state index contributed by atoms with van der Waals surface area (Å²) in [7, 11) is 0. The lowest BCUT2D eigenvalue weighted by Crippen LogP contribution is -2.57. The van der Waals surface area contributed by atoms with Crippen LogP contribution >= 0.6 is 0 Å². The van der Waals surface area contributed by atoms with E-state index in [2.05, 4.69) is 5.32 Å². The van der Waals surface area contributed by atoms with Crippen molar-refractivity contribution < 1.29 is 19.0 Å². The van der Waals surface area contributed by atoms with E-state index in [1.54, 1.807) is 17.0 Å². The molecule has 0 unspecified atom stereocenters. The first-order valence-electron chi connectivity index (χ1n) is 8.18. The molecule has 3 rings (SSSR count).